The fourth-order valence-corrected chi connectivity index (χ4v) is 4.58. The lowest BCUT2D eigenvalue weighted by atomic mass is 9.67. The molecule has 132 valence electrons. The summed E-state index contributed by atoms with van der Waals surface area (Å²) in [6, 6.07) is 14.9. The quantitative estimate of drug-likeness (QED) is 0.782. The zero-order valence-corrected chi connectivity index (χ0v) is 15.1. The summed E-state index contributed by atoms with van der Waals surface area (Å²) in [5, 5.41) is 9.04. The molecule has 1 saturated carbocycles. The van der Waals surface area contributed by atoms with Gasteiger partial charge < -0.3 is 5.41 Å². The molecule has 26 heavy (non-hydrogen) atoms. The summed E-state index contributed by atoms with van der Waals surface area (Å²) in [4.78, 5) is 25.5. The molecule has 4 rings (SSSR count). The van der Waals surface area contributed by atoms with Gasteiger partial charge >= 0.3 is 0 Å². The molecular formula is C22H20ClNO2. The van der Waals surface area contributed by atoms with Crippen molar-refractivity contribution in [3.05, 3.63) is 70.2 Å². The van der Waals surface area contributed by atoms with E-state index in [1.807, 2.05) is 12.1 Å². The van der Waals surface area contributed by atoms with Crippen LogP contribution in [0.4, 0.5) is 0 Å². The van der Waals surface area contributed by atoms with E-state index in [1.54, 1.807) is 24.3 Å². The molecule has 1 fully saturated rings. The molecule has 4 heteroatoms. The van der Waals surface area contributed by atoms with Crippen molar-refractivity contribution >= 4 is 28.9 Å². The van der Waals surface area contributed by atoms with Crippen LogP contribution in [0.2, 0.25) is 5.02 Å². The molecule has 0 aromatic heterocycles. The summed E-state index contributed by atoms with van der Waals surface area (Å²) in [6.07, 6.45) is 3.67. The number of Topliss-reactive ketones (excluding diaryl/α,β-unsaturated/α-hetero) is 2. The molecule has 0 amide bonds. The number of nitrogens with one attached hydrogen (secondary N) is 1. The minimum absolute atomic E-state index is 0.0244. The Morgan fingerprint density at radius 2 is 1.46 bits per heavy atom. The van der Waals surface area contributed by atoms with Gasteiger partial charge in [0.1, 0.15) is 0 Å². The molecule has 0 saturated heterocycles. The van der Waals surface area contributed by atoms with Crippen LogP contribution in [0.25, 0.3) is 0 Å². The number of rotatable bonds is 2. The molecule has 1 N–H and O–H groups in total. The van der Waals surface area contributed by atoms with Crippen LogP contribution in [0.3, 0.4) is 0 Å². The average Bonchev–Trinajstić information content (AvgIpc) is 2.68. The Labute approximate surface area is 157 Å². The van der Waals surface area contributed by atoms with Gasteiger partial charge in [0, 0.05) is 16.1 Å². The van der Waals surface area contributed by atoms with Crippen molar-refractivity contribution < 1.29 is 9.59 Å². The minimum Gasteiger partial charge on any atom is -0.300 e. The van der Waals surface area contributed by atoms with Gasteiger partial charge in [-0.05, 0) is 55.2 Å². The topological polar surface area (TPSA) is 58.0 Å². The monoisotopic (exact) mass is 365 g/mol. The largest absolute Gasteiger partial charge is 0.300 e. The Morgan fingerprint density at radius 1 is 0.846 bits per heavy atom. The van der Waals surface area contributed by atoms with E-state index in [-0.39, 0.29) is 23.2 Å². The molecule has 2 aromatic carbocycles. The molecule has 2 aliphatic rings. The first kappa shape index (κ1) is 17.2. The Morgan fingerprint density at radius 3 is 2.12 bits per heavy atom. The Kier molecular flexibility index (Phi) is 4.49. The maximum Gasteiger partial charge on any atom is 0.207 e. The SMILES string of the molecule is N=C1C(=O)c2ccccc2C(=O)C1C1CCC(c2ccc(Cl)cc2)CC1. The fourth-order valence-electron chi connectivity index (χ4n) is 4.45. The van der Waals surface area contributed by atoms with E-state index in [9.17, 15) is 9.59 Å². The van der Waals surface area contributed by atoms with Crippen molar-refractivity contribution in [1.82, 2.24) is 0 Å². The fraction of sp³-hybridized carbons (Fsp3) is 0.318. The number of hydrogen-bond donors (Lipinski definition) is 1. The Balaban J connectivity index is 1.52. The highest BCUT2D eigenvalue weighted by Gasteiger charge is 2.42. The second kappa shape index (κ2) is 6.81. The summed E-state index contributed by atoms with van der Waals surface area (Å²) in [7, 11) is 0. The van der Waals surface area contributed by atoms with Gasteiger partial charge in [0.25, 0.3) is 0 Å². The number of ketones is 2. The highest BCUT2D eigenvalue weighted by atomic mass is 35.5. The van der Waals surface area contributed by atoms with Crippen LogP contribution >= 0.6 is 11.6 Å². The zero-order valence-electron chi connectivity index (χ0n) is 14.4. The summed E-state index contributed by atoms with van der Waals surface area (Å²) >= 11 is 5.97. The first-order valence-corrected chi connectivity index (χ1v) is 9.46. The normalized spacial score (nSPS) is 25.9. The van der Waals surface area contributed by atoms with Gasteiger partial charge in [-0.25, -0.2) is 0 Å². The van der Waals surface area contributed by atoms with E-state index in [0.717, 1.165) is 30.7 Å². The third kappa shape index (κ3) is 2.90. The molecule has 2 aromatic rings. The van der Waals surface area contributed by atoms with Crippen molar-refractivity contribution in [2.75, 3.05) is 0 Å². The van der Waals surface area contributed by atoms with Crippen molar-refractivity contribution in [2.45, 2.75) is 31.6 Å². The number of hydrogen-bond acceptors (Lipinski definition) is 3. The summed E-state index contributed by atoms with van der Waals surface area (Å²) in [5.41, 5.74) is 2.12. The van der Waals surface area contributed by atoms with Gasteiger partial charge in [-0.1, -0.05) is 48.0 Å². The molecule has 0 spiro atoms. The molecule has 0 heterocycles. The van der Waals surface area contributed by atoms with Crippen molar-refractivity contribution in [3.8, 4) is 0 Å². The van der Waals surface area contributed by atoms with Gasteiger partial charge in [-0.2, -0.15) is 0 Å². The highest BCUT2D eigenvalue weighted by molar-refractivity contribution is 6.52. The molecule has 0 radical (unpaired) electrons. The van der Waals surface area contributed by atoms with Gasteiger partial charge in [0.15, 0.2) is 5.78 Å². The first-order chi connectivity index (χ1) is 12.6. The smallest absolute Gasteiger partial charge is 0.207 e. The molecule has 3 nitrogen and oxygen atoms in total. The summed E-state index contributed by atoms with van der Waals surface area (Å²) in [6.45, 7) is 0. The average molecular weight is 366 g/mol. The molecule has 0 aliphatic heterocycles. The van der Waals surface area contributed by atoms with E-state index in [1.165, 1.54) is 5.56 Å². The lowest BCUT2D eigenvalue weighted by molar-refractivity contribution is 0.0866. The van der Waals surface area contributed by atoms with E-state index in [0.29, 0.717) is 17.0 Å². The maximum absolute atomic E-state index is 13.0. The highest BCUT2D eigenvalue weighted by Crippen LogP contribution is 2.41. The van der Waals surface area contributed by atoms with E-state index >= 15 is 0 Å². The second-order valence-corrected chi connectivity index (χ2v) is 7.73. The standard InChI is InChI=1S/C22H20ClNO2/c23-16-11-9-14(10-12-16)13-5-7-15(8-6-13)19-20(24)22(26)18-4-2-1-3-17(18)21(19)25/h1-4,9-13,15,19,24H,5-8H2. The number of carbonyl (C=O) groups excluding carboxylic acids is 2. The van der Waals surface area contributed by atoms with E-state index in [2.05, 4.69) is 12.1 Å². The van der Waals surface area contributed by atoms with Gasteiger partial charge in [-0.3, -0.25) is 9.59 Å². The second-order valence-electron chi connectivity index (χ2n) is 7.29. The maximum atomic E-state index is 13.0. The van der Waals surface area contributed by atoms with Crippen LogP contribution in [0.1, 0.15) is 57.9 Å². The van der Waals surface area contributed by atoms with Crippen molar-refractivity contribution in [3.63, 3.8) is 0 Å². The molecule has 1 atom stereocenters. The molecule has 0 bridgehead atoms. The van der Waals surface area contributed by atoms with Crippen molar-refractivity contribution in [1.29, 1.82) is 5.41 Å². The lowest BCUT2D eigenvalue weighted by Gasteiger charge is -2.35. The van der Waals surface area contributed by atoms with Crippen LogP contribution < -0.4 is 0 Å². The van der Waals surface area contributed by atoms with Crippen LogP contribution in [0.5, 0.6) is 0 Å². The first-order valence-electron chi connectivity index (χ1n) is 9.08. The van der Waals surface area contributed by atoms with Crippen LogP contribution in [0, 0.1) is 17.2 Å². The Hall–Kier alpha value is -2.26. The molecule has 2 aliphatic carbocycles. The lowest BCUT2D eigenvalue weighted by Crippen LogP contribution is -2.41. The summed E-state index contributed by atoms with van der Waals surface area (Å²) in [5.74, 6) is -0.385. The van der Waals surface area contributed by atoms with Gasteiger partial charge in [-0.15, -0.1) is 0 Å². The number of fused-ring (bicyclic) bond motifs is 1. The third-order valence-electron chi connectivity index (χ3n) is 5.86. The molecular weight excluding hydrogens is 346 g/mol. The van der Waals surface area contributed by atoms with Gasteiger partial charge in [0.05, 0.1) is 11.6 Å². The number of halogens is 1. The predicted molar refractivity (Wildman–Crippen MR) is 102 cm³/mol. The molecule has 1 unspecified atom stereocenters. The zero-order chi connectivity index (χ0) is 18.3. The van der Waals surface area contributed by atoms with Crippen LogP contribution in [-0.2, 0) is 0 Å². The van der Waals surface area contributed by atoms with Crippen LogP contribution in [-0.4, -0.2) is 17.3 Å². The number of benzene rings is 2. The minimum atomic E-state index is -0.580. The van der Waals surface area contributed by atoms with Gasteiger partial charge in [0.2, 0.25) is 5.78 Å². The predicted octanol–water partition coefficient (Wildman–Crippen LogP) is 5.33. The third-order valence-corrected chi connectivity index (χ3v) is 6.11. The Bertz CT molecular complexity index is 879. The van der Waals surface area contributed by atoms with Crippen LogP contribution in [0.15, 0.2) is 48.5 Å². The van der Waals surface area contributed by atoms with E-state index in [4.69, 9.17) is 17.0 Å². The number of carbonyl (C=O) groups is 2. The summed E-state index contributed by atoms with van der Waals surface area (Å²) < 4.78 is 0. The van der Waals surface area contributed by atoms with E-state index < -0.39 is 5.92 Å². The van der Waals surface area contributed by atoms with Crippen molar-refractivity contribution in [2.24, 2.45) is 11.8 Å².